The quantitative estimate of drug-likeness (QED) is 0.779. The van der Waals surface area contributed by atoms with Crippen LogP contribution in [0.25, 0.3) is 11.3 Å². The van der Waals surface area contributed by atoms with E-state index in [0.717, 1.165) is 19.5 Å². The van der Waals surface area contributed by atoms with Crippen LogP contribution in [0.5, 0.6) is 0 Å². The van der Waals surface area contributed by atoms with Crippen molar-refractivity contribution in [3.05, 3.63) is 23.1 Å². The van der Waals surface area contributed by atoms with E-state index in [2.05, 4.69) is 20.4 Å². The monoisotopic (exact) mass is 443 g/mol. The molecule has 4 heterocycles. The van der Waals surface area contributed by atoms with E-state index in [4.69, 9.17) is 11.6 Å². The van der Waals surface area contributed by atoms with Gasteiger partial charge in [0.1, 0.15) is 6.54 Å². The van der Waals surface area contributed by atoms with Gasteiger partial charge in [0.25, 0.3) is 0 Å². The van der Waals surface area contributed by atoms with Crippen LogP contribution < -0.4 is 10.2 Å². The van der Waals surface area contributed by atoms with Crippen molar-refractivity contribution in [1.29, 1.82) is 0 Å². The largest absolute Gasteiger partial charge is 0.435 e. The van der Waals surface area contributed by atoms with Crippen molar-refractivity contribution in [2.45, 2.75) is 32.1 Å². The summed E-state index contributed by atoms with van der Waals surface area (Å²) >= 11 is 6.06. The number of nitrogens with one attached hydrogen (secondary N) is 1. The van der Waals surface area contributed by atoms with Crippen molar-refractivity contribution in [1.82, 2.24) is 30.0 Å². The number of halogens is 4. The molecule has 2 aliphatic rings. The van der Waals surface area contributed by atoms with Gasteiger partial charge in [-0.2, -0.15) is 18.3 Å². The second kappa shape index (κ2) is 8.03. The maximum absolute atomic E-state index is 13.5. The molecule has 0 unspecified atom stereocenters. The Morgan fingerprint density at radius 1 is 1.27 bits per heavy atom. The topological polar surface area (TPSA) is 79.2 Å². The fraction of sp³-hybridized carbons (Fsp3) is 0.556. The number of hydrogen-bond acceptors (Lipinski definition) is 6. The Kier molecular flexibility index (Phi) is 5.58. The number of carbonyl (C=O) groups is 1. The number of hydrogen-bond donors (Lipinski definition) is 1. The molecule has 2 fully saturated rings. The molecule has 2 aromatic heterocycles. The first-order valence-corrected chi connectivity index (χ1v) is 10.0. The lowest BCUT2D eigenvalue weighted by Gasteiger charge is -2.39. The minimum Gasteiger partial charge on any atom is -0.339 e. The smallest absolute Gasteiger partial charge is 0.339 e. The molecule has 2 aromatic rings. The molecule has 30 heavy (non-hydrogen) atoms. The van der Waals surface area contributed by atoms with Crippen molar-refractivity contribution in [2.24, 2.45) is 0 Å². The zero-order chi connectivity index (χ0) is 21.5. The van der Waals surface area contributed by atoms with Crippen LogP contribution in [0.4, 0.5) is 19.1 Å². The molecule has 12 heteroatoms. The van der Waals surface area contributed by atoms with Gasteiger partial charge in [-0.25, -0.2) is 9.97 Å². The number of alkyl halides is 3. The van der Waals surface area contributed by atoms with Gasteiger partial charge in [-0.3, -0.25) is 9.48 Å². The molecule has 0 radical (unpaired) electrons. The van der Waals surface area contributed by atoms with Gasteiger partial charge in [0.2, 0.25) is 11.9 Å². The molecule has 8 nitrogen and oxygen atoms in total. The molecule has 1 amide bonds. The molecule has 162 valence electrons. The maximum atomic E-state index is 13.5. The Morgan fingerprint density at radius 3 is 2.60 bits per heavy atom. The van der Waals surface area contributed by atoms with E-state index in [1.807, 2.05) is 6.92 Å². The van der Waals surface area contributed by atoms with E-state index in [1.165, 1.54) is 17.1 Å². The summed E-state index contributed by atoms with van der Waals surface area (Å²) in [7, 11) is 0. The highest BCUT2D eigenvalue weighted by Gasteiger charge is 2.39. The normalized spacial score (nSPS) is 19.7. The third-order valence-electron chi connectivity index (χ3n) is 5.36. The molecular weight excluding hydrogens is 423 g/mol. The summed E-state index contributed by atoms with van der Waals surface area (Å²) in [4.78, 5) is 23.8. The number of amides is 1. The average molecular weight is 444 g/mol. The fourth-order valence-corrected chi connectivity index (χ4v) is 3.78. The summed E-state index contributed by atoms with van der Waals surface area (Å²) in [5.41, 5.74) is -0.919. The number of aromatic nitrogens is 4. The first-order chi connectivity index (χ1) is 14.2. The van der Waals surface area contributed by atoms with E-state index in [1.54, 1.807) is 9.80 Å². The highest BCUT2D eigenvalue weighted by atomic mass is 35.5. The number of anilines is 1. The molecule has 0 aromatic carbocycles. The number of carbonyl (C=O) groups excluding carboxylic acids is 1. The molecule has 2 saturated heterocycles. The van der Waals surface area contributed by atoms with Crippen LogP contribution in [0.15, 0.2) is 12.4 Å². The zero-order valence-corrected chi connectivity index (χ0v) is 17.0. The van der Waals surface area contributed by atoms with E-state index in [-0.39, 0.29) is 30.1 Å². The van der Waals surface area contributed by atoms with Gasteiger partial charge < -0.3 is 15.1 Å². The van der Waals surface area contributed by atoms with Crippen molar-refractivity contribution >= 4 is 23.5 Å². The van der Waals surface area contributed by atoms with Gasteiger partial charge >= 0.3 is 6.18 Å². The Balaban J connectivity index is 1.63. The standard InChI is InChI=1S/C18H21ClF3N7O/c1-11-2-5-29(11)17-25-15(14(19)16(26-17)18(20,21)22)12-8-24-28(9-12)10-13(30)27-6-3-23-4-7-27/h8-9,11,23H,2-7,10H2,1H3/t11-/m0/s1. The van der Waals surface area contributed by atoms with Crippen LogP contribution in [0, 0.1) is 0 Å². The highest BCUT2D eigenvalue weighted by Crippen LogP contribution is 2.39. The number of nitrogens with zero attached hydrogens (tertiary/aromatic N) is 6. The molecule has 0 spiro atoms. The molecule has 1 N–H and O–H groups in total. The van der Waals surface area contributed by atoms with Gasteiger partial charge in [0.05, 0.1) is 16.9 Å². The molecule has 2 aliphatic heterocycles. The van der Waals surface area contributed by atoms with Gasteiger partial charge in [-0.1, -0.05) is 11.6 Å². The summed E-state index contributed by atoms with van der Waals surface area (Å²) in [5, 5.41) is 6.72. The lowest BCUT2D eigenvalue weighted by atomic mass is 10.1. The van der Waals surface area contributed by atoms with Gasteiger partial charge in [-0.05, 0) is 13.3 Å². The first kappa shape index (κ1) is 20.9. The summed E-state index contributed by atoms with van der Waals surface area (Å²) in [5.74, 6) is -0.115. The van der Waals surface area contributed by atoms with Crippen molar-refractivity contribution in [2.75, 3.05) is 37.6 Å². The molecule has 0 saturated carbocycles. The lowest BCUT2D eigenvalue weighted by Crippen LogP contribution is -2.47. The average Bonchev–Trinajstić information content (AvgIpc) is 3.16. The molecule has 1 atom stereocenters. The summed E-state index contributed by atoms with van der Waals surface area (Å²) in [6, 6.07) is 0.0551. The molecule has 0 bridgehead atoms. The van der Waals surface area contributed by atoms with Crippen LogP contribution in [0.3, 0.4) is 0 Å². The molecule has 4 rings (SSSR count). The third-order valence-corrected chi connectivity index (χ3v) is 5.72. The van der Waals surface area contributed by atoms with Crippen LogP contribution >= 0.6 is 11.6 Å². The molecular formula is C18H21ClF3N7O. The van der Waals surface area contributed by atoms with E-state index in [0.29, 0.717) is 25.2 Å². The molecule has 0 aliphatic carbocycles. The van der Waals surface area contributed by atoms with Crippen molar-refractivity contribution in [3.8, 4) is 11.3 Å². The van der Waals surface area contributed by atoms with E-state index < -0.39 is 16.9 Å². The van der Waals surface area contributed by atoms with E-state index in [9.17, 15) is 18.0 Å². The van der Waals surface area contributed by atoms with Gasteiger partial charge in [-0.15, -0.1) is 0 Å². The van der Waals surface area contributed by atoms with Crippen LogP contribution in [0.1, 0.15) is 19.0 Å². The Bertz CT molecular complexity index is 942. The SMILES string of the molecule is C[C@H]1CCN1c1nc(-c2cnn(CC(=O)N3CCNCC3)c2)c(Cl)c(C(F)(F)F)n1. The van der Waals surface area contributed by atoms with Crippen molar-refractivity contribution < 1.29 is 18.0 Å². The van der Waals surface area contributed by atoms with Gasteiger partial charge in [0, 0.05) is 50.5 Å². The first-order valence-electron chi connectivity index (χ1n) is 9.66. The second-order valence-electron chi connectivity index (χ2n) is 7.42. The van der Waals surface area contributed by atoms with Crippen molar-refractivity contribution in [3.63, 3.8) is 0 Å². The Hall–Kier alpha value is -2.40. The Morgan fingerprint density at radius 2 is 2.00 bits per heavy atom. The predicted octanol–water partition coefficient (Wildman–Crippen LogP) is 2.04. The minimum absolute atomic E-state index is 0.00908. The third kappa shape index (κ3) is 4.08. The zero-order valence-electron chi connectivity index (χ0n) is 16.3. The minimum atomic E-state index is -4.72. The maximum Gasteiger partial charge on any atom is 0.435 e. The Labute approximate surface area is 176 Å². The predicted molar refractivity (Wildman–Crippen MR) is 104 cm³/mol. The summed E-state index contributed by atoms with van der Waals surface area (Å²) < 4.78 is 41.9. The van der Waals surface area contributed by atoms with Crippen LogP contribution in [0.2, 0.25) is 5.02 Å². The summed E-state index contributed by atoms with van der Waals surface area (Å²) in [6.07, 6.45) is -1.01. The van der Waals surface area contributed by atoms with Crippen LogP contribution in [-0.4, -0.2) is 69.3 Å². The fourth-order valence-electron chi connectivity index (χ4n) is 3.48. The second-order valence-corrected chi connectivity index (χ2v) is 7.80. The highest BCUT2D eigenvalue weighted by molar-refractivity contribution is 6.33. The number of rotatable bonds is 4. The summed E-state index contributed by atoms with van der Waals surface area (Å²) in [6.45, 7) is 5.14. The lowest BCUT2D eigenvalue weighted by molar-refractivity contribution is -0.141. The number of piperazine rings is 1. The van der Waals surface area contributed by atoms with Gasteiger partial charge in [0.15, 0.2) is 5.69 Å². The van der Waals surface area contributed by atoms with Crippen LogP contribution in [-0.2, 0) is 17.5 Å². The van der Waals surface area contributed by atoms with E-state index >= 15 is 0 Å².